The maximum Gasteiger partial charge on any atom is 0.253 e. The molecule has 9 nitrogen and oxygen atoms in total. The first-order valence-corrected chi connectivity index (χ1v) is 12.3. The summed E-state index contributed by atoms with van der Waals surface area (Å²) in [6.45, 7) is 7.07. The van der Waals surface area contributed by atoms with Crippen molar-refractivity contribution >= 4 is 34.4 Å². The highest BCUT2D eigenvalue weighted by Crippen LogP contribution is 2.29. The standard InChI is InChI=1S/C27H29N7O2/c1-3-25(35)33-13-15-34(16-14-33)26(36)19-5-7-20(8-6-19)30-27-29-12-10-23(31-27)22-18-32(4-2)24-17-28-11-9-21(22)24/h5-12,17-18H,3-4,13-16H2,1-2H3,(H,29,30,31). The van der Waals surface area contributed by atoms with E-state index >= 15 is 0 Å². The van der Waals surface area contributed by atoms with Crippen LogP contribution in [0.25, 0.3) is 22.2 Å². The molecule has 1 aliphatic rings. The van der Waals surface area contributed by atoms with E-state index in [9.17, 15) is 9.59 Å². The third-order valence-corrected chi connectivity index (χ3v) is 6.57. The third kappa shape index (κ3) is 4.64. The molecular weight excluding hydrogens is 454 g/mol. The van der Waals surface area contributed by atoms with Crippen molar-refractivity contribution in [2.75, 3.05) is 31.5 Å². The zero-order valence-corrected chi connectivity index (χ0v) is 20.5. The van der Waals surface area contributed by atoms with E-state index in [1.165, 1.54) is 0 Å². The molecule has 1 aliphatic heterocycles. The van der Waals surface area contributed by atoms with Crippen LogP contribution < -0.4 is 5.32 Å². The number of carbonyl (C=O) groups is 2. The number of pyridine rings is 1. The zero-order chi connectivity index (χ0) is 25.1. The Morgan fingerprint density at radius 3 is 2.42 bits per heavy atom. The van der Waals surface area contributed by atoms with E-state index in [1.807, 2.05) is 42.3 Å². The van der Waals surface area contributed by atoms with E-state index in [0.717, 1.165) is 34.4 Å². The molecule has 0 saturated carbocycles. The lowest BCUT2D eigenvalue weighted by Gasteiger charge is -2.34. The van der Waals surface area contributed by atoms with Gasteiger partial charge in [-0.15, -0.1) is 0 Å². The summed E-state index contributed by atoms with van der Waals surface area (Å²) in [6, 6.07) is 11.2. The summed E-state index contributed by atoms with van der Waals surface area (Å²) in [5, 5.41) is 4.34. The van der Waals surface area contributed by atoms with Gasteiger partial charge in [0.2, 0.25) is 11.9 Å². The third-order valence-electron chi connectivity index (χ3n) is 6.57. The van der Waals surface area contributed by atoms with Gasteiger partial charge in [-0.25, -0.2) is 9.97 Å². The van der Waals surface area contributed by atoms with Crippen LogP contribution in [0.4, 0.5) is 11.6 Å². The number of hydrogen-bond donors (Lipinski definition) is 1. The van der Waals surface area contributed by atoms with Gasteiger partial charge in [-0.2, -0.15) is 0 Å². The number of piperazine rings is 1. The van der Waals surface area contributed by atoms with Crippen LogP contribution in [0.3, 0.4) is 0 Å². The molecule has 0 aliphatic carbocycles. The topological polar surface area (TPSA) is 96.2 Å². The molecule has 0 atom stereocenters. The van der Waals surface area contributed by atoms with Crippen LogP contribution in [0.5, 0.6) is 0 Å². The number of benzene rings is 1. The van der Waals surface area contributed by atoms with Crippen LogP contribution >= 0.6 is 0 Å². The fraction of sp³-hybridized carbons (Fsp3) is 0.296. The molecule has 3 aromatic heterocycles. The van der Waals surface area contributed by atoms with Crippen molar-refractivity contribution in [1.29, 1.82) is 0 Å². The summed E-state index contributed by atoms with van der Waals surface area (Å²) >= 11 is 0. The first-order valence-electron chi connectivity index (χ1n) is 12.3. The molecule has 4 heterocycles. The number of fused-ring (bicyclic) bond motifs is 1. The van der Waals surface area contributed by atoms with Crippen molar-refractivity contribution in [3.05, 3.63) is 66.7 Å². The lowest BCUT2D eigenvalue weighted by atomic mass is 10.1. The predicted molar refractivity (Wildman–Crippen MR) is 139 cm³/mol. The van der Waals surface area contributed by atoms with Crippen LogP contribution in [0.15, 0.2) is 61.2 Å². The number of hydrogen-bond acceptors (Lipinski definition) is 6. The number of rotatable bonds is 6. The van der Waals surface area contributed by atoms with Crippen molar-refractivity contribution in [2.45, 2.75) is 26.8 Å². The van der Waals surface area contributed by atoms with Gasteiger partial charge in [0, 0.05) is 79.9 Å². The van der Waals surface area contributed by atoms with E-state index in [1.54, 1.807) is 29.4 Å². The van der Waals surface area contributed by atoms with Gasteiger partial charge in [0.25, 0.3) is 5.91 Å². The average Bonchev–Trinajstić information content (AvgIpc) is 3.32. The number of carbonyl (C=O) groups excluding carboxylic acids is 2. The molecule has 1 aromatic carbocycles. The van der Waals surface area contributed by atoms with Gasteiger partial charge in [-0.05, 0) is 43.3 Å². The molecule has 184 valence electrons. The SMILES string of the molecule is CCC(=O)N1CCN(C(=O)c2ccc(Nc3nccc(-c4cn(CC)c5cnccc45)n3)cc2)CC1. The molecular formula is C27H29N7O2. The zero-order valence-electron chi connectivity index (χ0n) is 20.5. The van der Waals surface area contributed by atoms with Crippen LogP contribution in [-0.4, -0.2) is 67.3 Å². The Labute approximate surface area is 209 Å². The van der Waals surface area contributed by atoms with Crippen molar-refractivity contribution in [3.8, 4) is 11.3 Å². The smallest absolute Gasteiger partial charge is 0.253 e. The maximum absolute atomic E-state index is 12.9. The van der Waals surface area contributed by atoms with E-state index in [-0.39, 0.29) is 11.8 Å². The highest BCUT2D eigenvalue weighted by atomic mass is 16.2. The fourth-order valence-corrected chi connectivity index (χ4v) is 4.56. The van der Waals surface area contributed by atoms with Gasteiger partial charge < -0.3 is 19.7 Å². The molecule has 4 aromatic rings. The number of nitrogens with one attached hydrogen (secondary N) is 1. The monoisotopic (exact) mass is 483 g/mol. The van der Waals surface area contributed by atoms with Gasteiger partial charge in [0.15, 0.2) is 0 Å². The maximum atomic E-state index is 12.9. The van der Waals surface area contributed by atoms with Crippen LogP contribution in [0.1, 0.15) is 30.6 Å². The number of anilines is 2. The summed E-state index contributed by atoms with van der Waals surface area (Å²) in [4.78, 5) is 41.8. The van der Waals surface area contributed by atoms with Gasteiger partial charge in [0.05, 0.1) is 17.4 Å². The number of aryl methyl sites for hydroxylation is 1. The second kappa shape index (κ2) is 10.2. The Morgan fingerprint density at radius 2 is 1.69 bits per heavy atom. The predicted octanol–water partition coefficient (Wildman–Crippen LogP) is 3.95. The number of aromatic nitrogens is 4. The highest BCUT2D eigenvalue weighted by molar-refractivity contribution is 5.95. The van der Waals surface area contributed by atoms with Crippen LogP contribution in [0.2, 0.25) is 0 Å². The van der Waals surface area contributed by atoms with E-state index in [2.05, 4.69) is 33.0 Å². The average molecular weight is 484 g/mol. The van der Waals surface area contributed by atoms with Crippen molar-refractivity contribution in [3.63, 3.8) is 0 Å². The minimum atomic E-state index is -0.0230. The molecule has 36 heavy (non-hydrogen) atoms. The van der Waals surface area contributed by atoms with Crippen molar-refractivity contribution in [2.24, 2.45) is 0 Å². The number of nitrogens with zero attached hydrogens (tertiary/aromatic N) is 6. The summed E-state index contributed by atoms with van der Waals surface area (Å²) < 4.78 is 2.16. The van der Waals surface area contributed by atoms with Gasteiger partial charge in [-0.3, -0.25) is 14.6 Å². The summed E-state index contributed by atoms with van der Waals surface area (Å²) in [5.74, 6) is 0.594. The van der Waals surface area contributed by atoms with Crippen molar-refractivity contribution < 1.29 is 9.59 Å². The van der Waals surface area contributed by atoms with Crippen molar-refractivity contribution in [1.82, 2.24) is 29.3 Å². The lowest BCUT2D eigenvalue weighted by molar-refractivity contribution is -0.132. The Hall–Kier alpha value is -4.27. The molecule has 0 unspecified atom stereocenters. The van der Waals surface area contributed by atoms with Gasteiger partial charge in [-0.1, -0.05) is 6.92 Å². The minimum absolute atomic E-state index is 0.0230. The second-order valence-electron chi connectivity index (χ2n) is 8.72. The van der Waals surface area contributed by atoms with Crippen LogP contribution in [0, 0.1) is 0 Å². The Kier molecular flexibility index (Phi) is 6.62. The Morgan fingerprint density at radius 1 is 0.944 bits per heavy atom. The molecule has 9 heteroatoms. The Bertz CT molecular complexity index is 1390. The summed E-state index contributed by atoms with van der Waals surface area (Å²) in [5.41, 5.74) is 4.33. The molecule has 1 saturated heterocycles. The molecule has 0 radical (unpaired) electrons. The first kappa shape index (κ1) is 23.5. The number of amides is 2. The van der Waals surface area contributed by atoms with E-state index in [4.69, 9.17) is 4.98 Å². The largest absolute Gasteiger partial charge is 0.346 e. The molecule has 5 rings (SSSR count). The molecule has 0 spiro atoms. The molecule has 1 N–H and O–H groups in total. The lowest BCUT2D eigenvalue weighted by Crippen LogP contribution is -2.50. The summed E-state index contributed by atoms with van der Waals surface area (Å²) in [6.07, 6.45) is 7.99. The molecule has 0 bridgehead atoms. The van der Waals surface area contributed by atoms with Gasteiger partial charge in [0.1, 0.15) is 0 Å². The highest BCUT2D eigenvalue weighted by Gasteiger charge is 2.24. The fourth-order valence-electron chi connectivity index (χ4n) is 4.56. The van der Waals surface area contributed by atoms with E-state index in [0.29, 0.717) is 44.1 Å². The Balaban J connectivity index is 1.28. The summed E-state index contributed by atoms with van der Waals surface area (Å²) in [7, 11) is 0. The first-order chi connectivity index (χ1) is 17.6. The quantitative estimate of drug-likeness (QED) is 0.446. The second-order valence-corrected chi connectivity index (χ2v) is 8.72. The minimum Gasteiger partial charge on any atom is -0.346 e. The normalized spacial score (nSPS) is 13.7. The molecule has 1 fully saturated rings. The van der Waals surface area contributed by atoms with E-state index < -0.39 is 0 Å². The molecule has 2 amide bonds. The van der Waals surface area contributed by atoms with Crippen LogP contribution in [-0.2, 0) is 11.3 Å². The van der Waals surface area contributed by atoms with Gasteiger partial charge >= 0.3 is 0 Å².